The van der Waals surface area contributed by atoms with Gasteiger partial charge in [-0.3, -0.25) is 4.79 Å². The molecule has 9 heteroatoms. The first-order valence-corrected chi connectivity index (χ1v) is 11.2. The van der Waals surface area contributed by atoms with Gasteiger partial charge in [-0.1, -0.05) is 17.4 Å². The van der Waals surface area contributed by atoms with Gasteiger partial charge in [0, 0.05) is 23.9 Å². The van der Waals surface area contributed by atoms with Crippen LogP contribution < -0.4 is 26.8 Å². The van der Waals surface area contributed by atoms with E-state index in [9.17, 15) is 4.79 Å². The number of primary amides is 1. The van der Waals surface area contributed by atoms with Gasteiger partial charge in [0.25, 0.3) is 0 Å². The monoisotopic (exact) mass is 434 g/mol. The zero-order chi connectivity index (χ0) is 21.1. The van der Waals surface area contributed by atoms with Crippen molar-refractivity contribution in [2.45, 2.75) is 18.9 Å². The highest BCUT2D eigenvalue weighted by Gasteiger charge is 2.35. The van der Waals surface area contributed by atoms with Gasteiger partial charge < -0.3 is 31.8 Å². The van der Waals surface area contributed by atoms with Gasteiger partial charge in [0.05, 0.1) is 32.5 Å². The molecule has 1 amide bonds. The predicted molar refractivity (Wildman–Crippen MR) is 125 cm³/mol. The SMILES string of the molecule is NC(=O)[C@@H](Nc1cc2c3c(c(-c4ccc5sc(N)nc5c4)[nH]c3c1)NCCO2)C1CC1. The Morgan fingerprint density at radius 1 is 1.29 bits per heavy atom. The molecule has 4 aromatic rings. The van der Waals surface area contributed by atoms with Gasteiger partial charge >= 0.3 is 0 Å². The molecule has 158 valence electrons. The van der Waals surface area contributed by atoms with Gasteiger partial charge in [0.2, 0.25) is 5.91 Å². The largest absolute Gasteiger partial charge is 0.491 e. The molecule has 0 bridgehead atoms. The van der Waals surface area contributed by atoms with Crippen molar-refractivity contribution < 1.29 is 9.53 Å². The van der Waals surface area contributed by atoms with Crippen molar-refractivity contribution in [2.24, 2.45) is 11.7 Å². The summed E-state index contributed by atoms with van der Waals surface area (Å²) in [7, 11) is 0. The van der Waals surface area contributed by atoms with Gasteiger partial charge in [0.15, 0.2) is 5.13 Å². The number of rotatable bonds is 5. The van der Waals surface area contributed by atoms with Crippen LogP contribution in [0.2, 0.25) is 0 Å². The van der Waals surface area contributed by atoms with Crippen LogP contribution in [-0.4, -0.2) is 35.1 Å². The minimum absolute atomic E-state index is 0.307. The fraction of sp³-hybridized carbons (Fsp3) is 0.273. The average molecular weight is 435 g/mol. The Morgan fingerprint density at radius 3 is 2.97 bits per heavy atom. The number of carbonyl (C=O) groups excluding carboxylic acids is 1. The second kappa shape index (κ2) is 6.78. The van der Waals surface area contributed by atoms with Crippen LogP contribution in [0.4, 0.5) is 16.5 Å². The van der Waals surface area contributed by atoms with E-state index in [0.717, 1.165) is 62.3 Å². The molecule has 31 heavy (non-hydrogen) atoms. The third-order valence-electron chi connectivity index (χ3n) is 5.94. The lowest BCUT2D eigenvalue weighted by Gasteiger charge is -2.17. The van der Waals surface area contributed by atoms with Gasteiger partial charge in [-0.15, -0.1) is 0 Å². The maximum absolute atomic E-state index is 11.9. The lowest BCUT2D eigenvalue weighted by molar-refractivity contribution is -0.119. The number of carbonyl (C=O) groups is 1. The molecule has 2 aromatic carbocycles. The smallest absolute Gasteiger partial charge is 0.240 e. The molecule has 2 aromatic heterocycles. The number of aromatic nitrogens is 2. The van der Waals surface area contributed by atoms with Gasteiger partial charge in [-0.25, -0.2) is 4.98 Å². The van der Waals surface area contributed by atoms with E-state index in [1.54, 1.807) is 0 Å². The number of nitrogen functional groups attached to an aromatic ring is 1. The standard InChI is InChI=1S/C22H22N6O2S/c23-21(29)19(10-1-2-10)26-12-8-14-17-15(9-12)30-6-5-25-20(17)18(27-14)11-3-4-16-13(7-11)28-22(24)31-16/h3-4,7-10,19,25-27H,1-2,5-6H2,(H2,23,29)(H2,24,28)/t19-/m0/s1. The van der Waals surface area contributed by atoms with E-state index in [-0.39, 0.29) is 11.9 Å². The highest BCUT2D eigenvalue weighted by molar-refractivity contribution is 7.22. The summed E-state index contributed by atoms with van der Waals surface area (Å²) in [6.45, 7) is 1.24. The summed E-state index contributed by atoms with van der Waals surface area (Å²) >= 11 is 1.48. The normalized spacial score (nSPS) is 16.5. The van der Waals surface area contributed by atoms with Crippen LogP contribution >= 0.6 is 11.3 Å². The molecule has 1 aliphatic heterocycles. The molecule has 0 spiro atoms. The quantitative estimate of drug-likeness (QED) is 0.327. The molecule has 2 aliphatic rings. The lowest BCUT2D eigenvalue weighted by atomic mass is 10.1. The van der Waals surface area contributed by atoms with E-state index in [0.29, 0.717) is 24.2 Å². The first kappa shape index (κ1) is 18.3. The summed E-state index contributed by atoms with van der Waals surface area (Å²) in [6.07, 6.45) is 2.05. The predicted octanol–water partition coefficient (Wildman–Crippen LogP) is 3.51. The summed E-state index contributed by atoms with van der Waals surface area (Å²) in [4.78, 5) is 19.9. The van der Waals surface area contributed by atoms with Crippen molar-refractivity contribution in [2.75, 3.05) is 29.5 Å². The molecule has 8 nitrogen and oxygen atoms in total. The number of thiazole rings is 1. The number of amides is 1. The minimum Gasteiger partial charge on any atom is -0.491 e. The Balaban J connectivity index is 1.48. The fourth-order valence-electron chi connectivity index (χ4n) is 4.35. The number of hydrogen-bond acceptors (Lipinski definition) is 7. The topological polar surface area (TPSA) is 131 Å². The van der Waals surface area contributed by atoms with E-state index >= 15 is 0 Å². The third-order valence-corrected chi connectivity index (χ3v) is 6.80. The van der Waals surface area contributed by atoms with E-state index in [2.05, 4.69) is 26.7 Å². The van der Waals surface area contributed by atoms with Crippen LogP contribution in [0, 0.1) is 5.92 Å². The molecule has 6 rings (SSSR count). The number of ether oxygens (including phenoxy) is 1. The molecular weight excluding hydrogens is 412 g/mol. The Labute approximate surface area is 182 Å². The molecule has 0 radical (unpaired) electrons. The summed E-state index contributed by atoms with van der Waals surface area (Å²) in [5.41, 5.74) is 17.1. The summed E-state index contributed by atoms with van der Waals surface area (Å²) in [6, 6.07) is 9.78. The van der Waals surface area contributed by atoms with Crippen LogP contribution in [-0.2, 0) is 4.79 Å². The molecule has 1 aliphatic carbocycles. The summed E-state index contributed by atoms with van der Waals surface area (Å²) < 4.78 is 7.10. The van der Waals surface area contributed by atoms with E-state index < -0.39 is 0 Å². The number of H-pyrrole nitrogens is 1. The van der Waals surface area contributed by atoms with Crippen LogP contribution in [0.1, 0.15) is 12.8 Å². The highest BCUT2D eigenvalue weighted by atomic mass is 32.1. The molecule has 1 saturated carbocycles. The van der Waals surface area contributed by atoms with Crippen molar-refractivity contribution in [1.29, 1.82) is 0 Å². The van der Waals surface area contributed by atoms with Gasteiger partial charge in [-0.05, 0) is 37.0 Å². The van der Waals surface area contributed by atoms with Crippen LogP contribution in [0.25, 0.3) is 32.4 Å². The number of nitrogens with zero attached hydrogens (tertiary/aromatic N) is 1. The molecule has 0 unspecified atom stereocenters. The first-order chi connectivity index (χ1) is 15.1. The van der Waals surface area contributed by atoms with Crippen molar-refractivity contribution in [1.82, 2.24) is 9.97 Å². The number of benzene rings is 2. The second-order valence-corrected chi connectivity index (χ2v) is 9.21. The number of nitrogens with two attached hydrogens (primary N) is 2. The van der Waals surface area contributed by atoms with Crippen molar-refractivity contribution in [3.05, 3.63) is 30.3 Å². The van der Waals surface area contributed by atoms with Gasteiger partial charge in [-0.2, -0.15) is 0 Å². The van der Waals surface area contributed by atoms with Crippen molar-refractivity contribution in [3.8, 4) is 17.0 Å². The first-order valence-electron chi connectivity index (χ1n) is 10.4. The Bertz CT molecular complexity index is 1340. The Morgan fingerprint density at radius 2 is 2.16 bits per heavy atom. The number of aromatic amines is 1. The fourth-order valence-corrected chi connectivity index (χ4v) is 5.07. The number of nitrogens with one attached hydrogen (secondary N) is 3. The molecule has 1 fully saturated rings. The molecule has 7 N–H and O–H groups in total. The summed E-state index contributed by atoms with van der Waals surface area (Å²) in [5.74, 6) is 0.766. The molecule has 0 saturated heterocycles. The zero-order valence-corrected chi connectivity index (χ0v) is 17.5. The maximum atomic E-state index is 11.9. The molecular formula is C22H22N6O2S. The lowest BCUT2D eigenvalue weighted by Crippen LogP contribution is -2.37. The Kier molecular flexibility index (Phi) is 4.01. The van der Waals surface area contributed by atoms with E-state index in [1.807, 2.05) is 24.3 Å². The summed E-state index contributed by atoms with van der Waals surface area (Å²) in [5, 5.41) is 8.39. The van der Waals surface area contributed by atoms with Crippen LogP contribution in [0.5, 0.6) is 5.75 Å². The zero-order valence-electron chi connectivity index (χ0n) is 16.7. The number of anilines is 3. The maximum Gasteiger partial charge on any atom is 0.240 e. The van der Waals surface area contributed by atoms with Crippen LogP contribution in [0.3, 0.4) is 0 Å². The van der Waals surface area contributed by atoms with E-state index in [1.165, 1.54) is 11.3 Å². The van der Waals surface area contributed by atoms with Crippen molar-refractivity contribution >= 4 is 54.9 Å². The Hall–Kier alpha value is -3.46. The second-order valence-electron chi connectivity index (χ2n) is 8.14. The molecule has 3 heterocycles. The van der Waals surface area contributed by atoms with Crippen molar-refractivity contribution in [3.63, 3.8) is 0 Å². The average Bonchev–Trinajstić information content (AvgIpc) is 3.45. The third kappa shape index (κ3) is 3.12. The van der Waals surface area contributed by atoms with Crippen LogP contribution in [0.15, 0.2) is 30.3 Å². The molecule has 1 atom stereocenters. The number of hydrogen-bond donors (Lipinski definition) is 5. The minimum atomic E-state index is -0.361. The number of fused-ring (bicyclic) bond motifs is 1. The van der Waals surface area contributed by atoms with E-state index in [4.69, 9.17) is 16.2 Å². The van der Waals surface area contributed by atoms with Gasteiger partial charge in [0.1, 0.15) is 18.4 Å². The highest BCUT2D eigenvalue weighted by Crippen LogP contribution is 2.44.